The summed E-state index contributed by atoms with van der Waals surface area (Å²) < 4.78 is 4.65. The summed E-state index contributed by atoms with van der Waals surface area (Å²) in [6.07, 6.45) is 1.83. The predicted octanol–water partition coefficient (Wildman–Crippen LogP) is 3.79. The van der Waals surface area contributed by atoms with Gasteiger partial charge >= 0.3 is 5.97 Å². The van der Waals surface area contributed by atoms with Gasteiger partial charge in [-0.05, 0) is 61.4 Å². The van der Waals surface area contributed by atoms with Crippen molar-refractivity contribution in [3.05, 3.63) is 59.7 Å². The molecule has 0 atom stereocenters. The molecule has 2 N–H and O–H groups in total. The number of esters is 1. The Bertz CT molecular complexity index is 842. The summed E-state index contributed by atoms with van der Waals surface area (Å²) in [5.74, 6) is -0.618. The van der Waals surface area contributed by atoms with Crippen molar-refractivity contribution in [1.82, 2.24) is 4.90 Å². The highest BCUT2D eigenvalue weighted by Gasteiger charge is 2.14. The van der Waals surface area contributed by atoms with E-state index in [9.17, 15) is 14.4 Å². The Morgan fingerprint density at radius 3 is 1.90 bits per heavy atom. The zero-order valence-electron chi connectivity index (χ0n) is 17.7. The van der Waals surface area contributed by atoms with Gasteiger partial charge < -0.3 is 20.3 Å². The van der Waals surface area contributed by atoms with Gasteiger partial charge in [0.25, 0.3) is 5.91 Å². The van der Waals surface area contributed by atoms with Crippen molar-refractivity contribution in [2.75, 3.05) is 37.4 Å². The summed E-state index contributed by atoms with van der Waals surface area (Å²) in [5, 5.41) is 5.79. The van der Waals surface area contributed by atoms with Gasteiger partial charge in [0, 0.05) is 30.0 Å². The number of nitrogens with zero attached hydrogens (tertiary/aromatic N) is 1. The number of hydrogen-bond acceptors (Lipinski definition) is 5. The Morgan fingerprint density at radius 2 is 1.37 bits per heavy atom. The van der Waals surface area contributed by atoms with E-state index in [0.29, 0.717) is 22.5 Å². The first-order valence-electron chi connectivity index (χ1n) is 10.1. The van der Waals surface area contributed by atoms with E-state index in [2.05, 4.69) is 29.2 Å². The standard InChI is InChI=1S/C23H29N3O4/c1-4-14-26(15-5-2)22(28)17-6-12-20(13-7-17)25-21(27)16-24-19-10-8-18(9-11-19)23(29)30-3/h6-13,24H,4-5,14-16H2,1-3H3,(H,25,27). The molecule has 0 aliphatic carbocycles. The second kappa shape index (κ2) is 11.6. The van der Waals surface area contributed by atoms with Crippen LogP contribution in [0.5, 0.6) is 0 Å². The van der Waals surface area contributed by atoms with E-state index in [1.54, 1.807) is 48.5 Å². The van der Waals surface area contributed by atoms with Crippen LogP contribution < -0.4 is 10.6 Å². The lowest BCUT2D eigenvalue weighted by Crippen LogP contribution is -2.32. The second-order valence-corrected chi connectivity index (χ2v) is 6.84. The first-order valence-corrected chi connectivity index (χ1v) is 10.1. The third kappa shape index (κ3) is 6.62. The first kappa shape index (κ1) is 22.9. The number of hydrogen-bond donors (Lipinski definition) is 2. The van der Waals surface area contributed by atoms with Gasteiger partial charge in [0.05, 0.1) is 19.2 Å². The number of amides is 2. The number of nitrogens with one attached hydrogen (secondary N) is 2. The van der Waals surface area contributed by atoms with Crippen molar-refractivity contribution in [2.24, 2.45) is 0 Å². The number of benzene rings is 2. The Kier molecular flexibility index (Phi) is 8.87. The summed E-state index contributed by atoms with van der Waals surface area (Å²) >= 11 is 0. The minimum absolute atomic E-state index is 0.00800. The van der Waals surface area contributed by atoms with E-state index in [1.807, 2.05) is 4.90 Å². The maximum Gasteiger partial charge on any atom is 0.337 e. The number of carbonyl (C=O) groups excluding carboxylic acids is 3. The summed E-state index contributed by atoms with van der Waals surface area (Å²) in [5.41, 5.74) is 2.39. The Hall–Kier alpha value is -3.35. The molecule has 0 aliphatic rings. The predicted molar refractivity (Wildman–Crippen MR) is 118 cm³/mol. The summed E-state index contributed by atoms with van der Waals surface area (Å²) in [7, 11) is 1.33. The quantitative estimate of drug-likeness (QED) is 0.581. The van der Waals surface area contributed by atoms with Crippen LogP contribution in [0.15, 0.2) is 48.5 Å². The average Bonchev–Trinajstić information content (AvgIpc) is 2.77. The molecule has 2 aromatic carbocycles. The molecule has 7 heteroatoms. The Labute approximate surface area is 177 Å². The normalized spacial score (nSPS) is 10.2. The highest BCUT2D eigenvalue weighted by Crippen LogP contribution is 2.13. The smallest absolute Gasteiger partial charge is 0.337 e. The molecule has 0 saturated carbocycles. The van der Waals surface area contributed by atoms with E-state index in [-0.39, 0.29) is 18.4 Å². The average molecular weight is 412 g/mol. The SMILES string of the molecule is CCCN(CCC)C(=O)c1ccc(NC(=O)CNc2ccc(C(=O)OC)cc2)cc1. The molecular formula is C23H29N3O4. The van der Waals surface area contributed by atoms with Crippen molar-refractivity contribution in [1.29, 1.82) is 0 Å². The van der Waals surface area contributed by atoms with Crippen molar-refractivity contribution in [2.45, 2.75) is 26.7 Å². The number of methoxy groups -OCH3 is 1. The van der Waals surface area contributed by atoms with Gasteiger partial charge in [-0.15, -0.1) is 0 Å². The first-order chi connectivity index (χ1) is 14.5. The van der Waals surface area contributed by atoms with Gasteiger partial charge in [0.1, 0.15) is 0 Å². The monoisotopic (exact) mass is 411 g/mol. The molecule has 0 spiro atoms. The number of ether oxygens (including phenoxy) is 1. The lowest BCUT2D eigenvalue weighted by atomic mass is 10.1. The van der Waals surface area contributed by atoms with Crippen LogP contribution in [0.25, 0.3) is 0 Å². The van der Waals surface area contributed by atoms with Crippen LogP contribution in [0, 0.1) is 0 Å². The van der Waals surface area contributed by atoms with Crippen LogP contribution in [-0.2, 0) is 9.53 Å². The number of rotatable bonds is 10. The molecular weight excluding hydrogens is 382 g/mol. The molecule has 0 unspecified atom stereocenters. The number of carbonyl (C=O) groups is 3. The van der Waals surface area contributed by atoms with Crippen molar-refractivity contribution in [3.8, 4) is 0 Å². The van der Waals surface area contributed by atoms with Gasteiger partial charge in [-0.25, -0.2) is 4.79 Å². The minimum Gasteiger partial charge on any atom is -0.465 e. The van der Waals surface area contributed by atoms with Crippen LogP contribution in [0.1, 0.15) is 47.4 Å². The number of anilines is 2. The van der Waals surface area contributed by atoms with Crippen LogP contribution >= 0.6 is 0 Å². The highest BCUT2D eigenvalue weighted by atomic mass is 16.5. The zero-order chi connectivity index (χ0) is 21.9. The van der Waals surface area contributed by atoms with Crippen molar-refractivity contribution >= 4 is 29.2 Å². The molecule has 0 fully saturated rings. The van der Waals surface area contributed by atoms with Gasteiger partial charge in [0.2, 0.25) is 5.91 Å². The van der Waals surface area contributed by atoms with Crippen LogP contribution in [0.2, 0.25) is 0 Å². The van der Waals surface area contributed by atoms with Crippen LogP contribution in [-0.4, -0.2) is 49.4 Å². The maximum atomic E-state index is 12.6. The van der Waals surface area contributed by atoms with Gasteiger partial charge in [-0.2, -0.15) is 0 Å². The summed E-state index contributed by atoms with van der Waals surface area (Å²) in [4.78, 5) is 38.1. The van der Waals surface area contributed by atoms with E-state index in [4.69, 9.17) is 0 Å². The second-order valence-electron chi connectivity index (χ2n) is 6.84. The maximum absolute atomic E-state index is 12.6. The molecule has 2 rings (SSSR count). The highest BCUT2D eigenvalue weighted by molar-refractivity contribution is 5.96. The molecule has 0 saturated heterocycles. The molecule has 2 amide bonds. The fourth-order valence-corrected chi connectivity index (χ4v) is 2.96. The molecule has 30 heavy (non-hydrogen) atoms. The fraction of sp³-hybridized carbons (Fsp3) is 0.348. The lowest BCUT2D eigenvalue weighted by molar-refractivity contribution is -0.114. The van der Waals surface area contributed by atoms with E-state index in [0.717, 1.165) is 25.9 Å². The summed E-state index contributed by atoms with van der Waals surface area (Å²) in [6, 6.07) is 13.6. The Morgan fingerprint density at radius 1 is 0.833 bits per heavy atom. The van der Waals surface area contributed by atoms with Crippen LogP contribution in [0.3, 0.4) is 0 Å². The van der Waals surface area contributed by atoms with Crippen molar-refractivity contribution < 1.29 is 19.1 Å². The van der Waals surface area contributed by atoms with Crippen LogP contribution in [0.4, 0.5) is 11.4 Å². The minimum atomic E-state index is -0.409. The van der Waals surface area contributed by atoms with Gasteiger partial charge in [0.15, 0.2) is 0 Å². The third-order valence-corrected chi connectivity index (χ3v) is 4.45. The largest absolute Gasteiger partial charge is 0.465 e. The van der Waals surface area contributed by atoms with Gasteiger partial charge in [-0.1, -0.05) is 13.8 Å². The van der Waals surface area contributed by atoms with E-state index >= 15 is 0 Å². The molecule has 0 radical (unpaired) electrons. The molecule has 2 aromatic rings. The summed E-state index contributed by atoms with van der Waals surface area (Å²) in [6.45, 7) is 5.64. The molecule has 0 bridgehead atoms. The Balaban J connectivity index is 1.88. The van der Waals surface area contributed by atoms with E-state index < -0.39 is 5.97 Å². The van der Waals surface area contributed by atoms with Gasteiger partial charge in [-0.3, -0.25) is 9.59 Å². The lowest BCUT2D eigenvalue weighted by Gasteiger charge is -2.21. The molecule has 160 valence electrons. The molecule has 0 heterocycles. The van der Waals surface area contributed by atoms with E-state index in [1.165, 1.54) is 7.11 Å². The third-order valence-electron chi connectivity index (χ3n) is 4.45. The fourth-order valence-electron chi connectivity index (χ4n) is 2.96. The molecule has 0 aliphatic heterocycles. The van der Waals surface area contributed by atoms with Crippen molar-refractivity contribution in [3.63, 3.8) is 0 Å². The zero-order valence-corrected chi connectivity index (χ0v) is 17.7. The topological polar surface area (TPSA) is 87.7 Å². The molecule has 7 nitrogen and oxygen atoms in total. The molecule has 0 aromatic heterocycles.